The molecule has 3 aromatic carbocycles. The molecule has 0 unspecified atom stereocenters. The minimum absolute atomic E-state index is 0.0248. The maximum atomic E-state index is 14.6. The van der Waals surface area contributed by atoms with Crippen LogP contribution >= 0.6 is 0 Å². The summed E-state index contributed by atoms with van der Waals surface area (Å²) in [5.41, 5.74) is 2.95. The third-order valence-electron chi connectivity index (χ3n) is 13.3. The quantitative estimate of drug-likeness (QED) is 0.0188. The molecule has 1 saturated heterocycles. The molecule has 400 valence electrons. The summed E-state index contributed by atoms with van der Waals surface area (Å²) in [5, 5.41) is 10.1. The summed E-state index contributed by atoms with van der Waals surface area (Å²) in [6, 6.07) is 23.3. The van der Waals surface area contributed by atoms with Gasteiger partial charge in [0.1, 0.15) is 39.0 Å². The highest BCUT2D eigenvalue weighted by Gasteiger charge is 2.48. The van der Waals surface area contributed by atoms with Crippen LogP contribution in [0, 0.1) is 29.1 Å². The number of oxime groups is 1. The van der Waals surface area contributed by atoms with Crippen LogP contribution in [0.2, 0.25) is 0 Å². The fourth-order valence-electron chi connectivity index (χ4n) is 9.13. The van der Waals surface area contributed by atoms with Crippen molar-refractivity contribution in [3.8, 4) is 5.75 Å². The number of esters is 1. The summed E-state index contributed by atoms with van der Waals surface area (Å²) in [6.45, 7) is 14.4. The van der Waals surface area contributed by atoms with Crippen molar-refractivity contribution in [3.63, 3.8) is 0 Å². The number of rotatable bonds is 28. The smallest absolute Gasteiger partial charge is 0.310 e. The zero-order chi connectivity index (χ0) is 53.8. The normalized spacial score (nSPS) is 16.5. The molecule has 5 rings (SSSR count). The number of Topliss-reactive ketones (excluding diaryl/α,β-unsaturated/α-hetero) is 3. The standard InChI is InChI=1S/C55H74N4O9.CH4O3S/c1-8-51(62)68-50-22-20-42(32-45(50)35-56-66-7)36-59(25-27-67-28-26-59)37-46(60)33-43(21-19-40-15-11-9-12-16-40)53(64)57-47(29-38(2)3)49(61)34-44(31-41-17-13-10-14-18-41)54(65)58-48(30-39(4)5)52(63)55(6)23-24-55;1-5(2,3)4/h9-18,20,22,32,35,38-39,43-44,47-48H,8,19,21,23-31,33-34,36-37H2,1-7H3,(H-,57,58,64,65);1H3,(H,2,3,4)/b56-35+;/t43-,44-,47+,48+;/m1./s1. The lowest BCUT2D eigenvalue weighted by Crippen LogP contribution is -2.57. The number of nitrogens with zero attached hydrogens (tertiary/aromatic N) is 2. The second-order valence-electron chi connectivity index (χ2n) is 20.9. The monoisotopic (exact) mass is 1030 g/mol. The van der Waals surface area contributed by atoms with Crippen molar-refractivity contribution >= 4 is 51.5 Å². The van der Waals surface area contributed by atoms with E-state index in [0.717, 1.165) is 29.5 Å². The van der Waals surface area contributed by atoms with Crippen molar-refractivity contribution in [3.05, 3.63) is 101 Å². The van der Waals surface area contributed by atoms with Gasteiger partial charge in [0.15, 0.2) is 17.3 Å². The van der Waals surface area contributed by atoms with Crippen LogP contribution < -0.4 is 15.4 Å². The van der Waals surface area contributed by atoms with Crippen LogP contribution in [0.5, 0.6) is 5.75 Å². The van der Waals surface area contributed by atoms with Gasteiger partial charge in [-0.3, -0.25) is 28.8 Å². The van der Waals surface area contributed by atoms with Crippen LogP contribution in [-0.4, -0.2) is 117 Å². The number of carbonyl (C=O) groups is 6. The maximum absolute atomic E-state index is 14.6. The Labute approximate surface area is 432 Å². The predicted octanol–water partition coefficient (Wildman–Crippen LogP) is 6.95. The van der Waals surface area contributed by atoms with Gasteiger partial charge in [-0.05, 0) is 86.1 Å². The number of quaternary nitrogens is 1. The highest BCUT2D eigenvalue weighted by molar-refractivity contribution is 7.84. The molecular formula is C56H78N4O12S. The van der Waals surface area contributed by atoms with E-state index in [4.69, 9.17) is 27.3 Å². The molecule has 1 aliphatic carbocycles. The first-order valence-electron chi connectivity index (χ1n) is 25.5. The molecule has 1 saturated carbocycles. The molecule has 1 heterocycles. The zero-order valence-electron chi connectivity index (χ0n) is 44.1. The van der Waals surface area contributed by atoms with Crippen LogP contribution in [0.25, 0.3) is 0 Å². The van der Waals surface area contributed by atoms with Crippen LogP contribution in [0.4, 0.5) is 0 Å². The minimum Gasteiger partial charge on any atom is -0.748 e. The van der Waals surface area contributed by atoms with Gasteiger partial charge < -0.3 is 34.0 Å². The second kappa shape index (κ2) is 28.7. The van der Waals surface area contributed by atoms with Gasteiger partial charge in [-0.1, -0.05) is 107 Å². The Hall–Kier alpha value is -5.62. The van der Waals surface area contributed by atoms with E-state index in [-0.39, 0.29) is 72.8 Å². The van der Waals surface area contributed by atoms with E-state index in [9.17, 15) is 28.8 Å². The van der Waals surface area contributed by atoms with E-state index < -0.39 is 39.5 Å². The minimum atomic E-state index is -3.92. The molecule has 2 amide bonds. The Bertz CT molecular complexity index is 2430. The highest BCUT2D eigenvalue weighted by atomic mass is 32.2. The number of benzene rings is 3. The van der Waals surface area contributed by atoms with Gasteiger partial charge in [0.2, 0.25) is 11.8 Å². The third kappa shape index (κ3) is 21.4. The highest BCUT2D eigenvalue weighted by Crippen LogP contribution is 2.47. The van der Waals surface area contributed by atoms with E-state index >= 15 is 0 Å². The molecule has 2 fully saturated rings. The Balaban J connectivity index is 0.00000220. The average molecular weight is 1030 g/mol. The summed E-state index contributed by atoms with van der Waals surface area (Å²) >= 11 is 0. The van der Waals surface area contributed by atoms with Crippen molar-refractivity contribution < 1.29 is 60.5 Å². The lowest BCUT2D eigenvalue weighted by Gasteiger charge is -2.41. The van der Waals surface area contributed by atoms with E-state index in [0.29, 0.717) is 87.0 Å². The Morgan fingerprint density at radius 3 is 1.93 bits per heavy atom. The number of ketones is 3. The molecule has 1 aliphatic heterocycles. The topological polar surface area (TPSA) is 224 Å². The largest absolute Gasteiger partial charge is 0.748 e. The maximum Gasteiger partial charge on any atom is 0.310 e. The van der Waals surface area contributed by atoms with Gasteiger partial charge in [0, 0.05) is 53.9 Å². The molecule has 0 spiro atoms. The van der Waals surface area contributed by atoms with Gasteiger partial charge in [-0.2, -0.15) is 0 Å². The molecule has 3 aromatic rings. The van der Waals surface area contributed by atoms with E-state index in [1.165, 1.54) is 13.3 Å². The van der Waals surface area contributed by atoms with Gasteiger partial charge in [0.05, 0.1) is 41.6 Å². The van der Waals surface area contributed by atoms with Crippen molar-refractivity contribution in [2.75, 3.05) is 46.2 Å². The van der Waals surface area contributed by atoms with Gasteiger partial charge >= 0.3 is 5.97 Å². The van der Waals surface area contributed by atoms with E-state index in [1.807, 2.05) is 107 Å². The fraction of sp³-hybridized carbons (Fsp3) is 0.554. The summed E-state index contributed by atoms with van der Waals surface area (Å²) in [6.07, 6.45) is 5.83. The lowest BCUT2D eigenvalue weighted by molar-refractivity contribution is -0.940. The number of hydrogen-bond donors (Lipinski definition) is 2. The molecular weight excluding hydrogens is 953 g/mol. The van der Waals surface area contributed by atoms with Gasteiger partial charge in [-0.15, -0.1) is 0 Å². The molecule has 2 N–H and O–H groups in total. The number of morpholine rings is 1. The Morgan fingerprint density at radius 1 is 0.808 bits per heavy atom. The molecule has 4 atom stereocenters. The molecule has 16 nitrogen and oxygen atoms in total. The fourth-order valence-corrected chi connectivity index (χ4v) is 9.13. The molecule has 2 aliphatic rings. The summed E-state index contributed by atoms with van der Waals surface area (Å²) in [7, 11) is -2.48. The number of ether oxygens (including phenoxy) is 2. The van der Waals surface area contributed by atoms with E-state index in [2.05, 4.69) is 15.8 Å². The number of nitrogens with one attached hydrogen (secondary N) is 2. The first-order valence-corrected chi connectivity index (χ1v) is 27.3. The van der Waals surface area contributed by atoms with Crippen LogP contribution in [0.1, 0.15) is 115 Å². The molecule has 73 heavy (non-hydrogen) atoms. The third-order valence-corrected chi connectivity index (χ3v) is 13.3. The van der Waals surface area contributed by atoms with Crippen molar-refractivity contribution in [2.45, 2.75) is 124 Å². The molecule has 0 aromatic heterocycles. The first kappa shape index (κ1) is 59.9. The van der Waals surface area contributed by atoms with Gasteiger partial charge in [-0.25, -0.2) is 8.42 Å². The molecule has 0 bridgehead atoms. The number of hydrogen-bond acceptors (Lipinski definition) is 13. The number of aryl methyl sites for hydroxylation is 1. The van der Waals surface area contributed by atoms with Crippen molar-refractivity contribution in [2.24, 2.45) is 34.2 Å². The molecule has 0 radical (unpaired) electrons. The zero-order valence-corrected chi connectivity index (χ0v) is 44.9. The molecule has 17 heteroatoms. The van der Waals surface area contributed by atoms with Gasteiger partial charge in [0.25, 0.3) is 0 Å². The summed E-state index contributed by atoms with van der Waals surface area (Å²) < 4.78 is 39.0. The summed E-state index contributed by atoms with van der Waals surface area (Å²) in [5.74, 6) is -2.35. The second-order valence-corrected chi connectivity index (χ2v) is 22.3. The number of carbonyl (C=O) groups excluding carboxylic acids is 6. The van der Waals surface area contributed by atoms with Crippen LogP contribution in [0.3, 0.4) is 0 Å². The van der Waals surface area contributed by atoms with Crippen LogP contribution in [0.15, 0.2) is 84.0 Å². The lowest BCUT2D eigenvalue weighted by atomic mass is 9.87. The van der Waals surface area contributed by atoms with E-state index in [1.54, 1.807) is 13.0 Å². The Kier molecular flexibility index (Phi) is 23.6. The SMILES string of the molecule is CCC(=O)Oc1ccc(C[N+]2(CC(=O)C[C@@H](CCc3ccccc3)C(=O)N[C@@H](CC(C)C)C(=O)C[C@@H](Cc3ccccc3)C(=O)N[C@@H](CC(C)C)C(=O)C3(C)CC3)CCOCC2)cc1/C=N/OC.CS(=O)(=O)[O-]. The van der Waals surface area contributed by atoms with Crippen molar-refractivity contribution in [1.82, 2.24) is 10.6 Å². The summed E-state index contributed by atoms with van der Waals surface area (Å²) in [4.78, 5) is 88.7. The van der Waals surface area contributed by atoms with Crippen LogP contribution in [-0.2, 0) is 67.8 Å². The average Bonchev–Trinajstić information content (AvgIpc) is 4.09. The Morgan fingerprint density at radius 2 is 1.37 bits per heavy atom. The first-order chi connectivity index (χ1) is 34.5. The van der Waals surface area contributed by atoms with Crippen molar-refractivity contribution in [1.29, 1.82) is 0 Å². The number of amides is 2. The predicted molar refractivity (Wildman–Crippen MR) is 278 cm³/mol.